The Morgan fingerprint density at radius 3 is 0.538 bits per heavy atom. The summed E-state index contributed by atoms with van der Waals surface area (Å²) in [5, 5.41) is 0. The van der Waals surface area contributed by atoms with E-state index in [9.17, 15) is 0 Å². The van der Waals surface area contributed by atoms with Crippen molar-refractivity contribution in [3.63, 3.8) is 0 Å². The van der Waals surface area contributed by atoms with Crippen LogP contribution in [0.1, 0.15) is 205 Å². The molecule has 0 rings (SSSR count). The maximum atomic E-state index is 4.29. The Morgan fingerprint density at radius 2 is 0.359 bits per heavy atom. The van der Waals surface area contributed by atoms with Crippen LogP contribution in [0.15, 0.2) is 0 Å². The molecule has 0 saturated carbocycles. The highest BCUT2D eigenvalue weighted by Gasteiger charge is 1.97. The Morgan fingerprint density at radius 1 is 0.205 bits per heavy atom. The van der Waals surface area contributed by atoms with Gasteiger partial charge in [-0.2, -0.15) is 37.0 Å². The van der Waals surface area contributed by atoms with Crippen molar-refractivity contribution < 1.29 is 0 Å². The van der Waals surface area contributed by atoms with Crippen LogP contribution in [0, 0.1) is 0 Å². The van der Waals surface area contributed by atoms with E-state index in [2.05, 4.69) is 37.0 Å². The molecule has 0 aromatic heterocycles. The summed E-state index contributed by atoms with van der Waals surface area (Å²) in [6, 6.07) is 0. The van der Waals surface area contributed by atoms with Crippen LogP contribution < -0.4 is 0 Å². The van der Waals surface area contributed by atoms with Gasteiger partial charge in [0.25, 0.3) is 0 Å². The molecule has 0 N–H and O–H groups in total. The Balaban J connectivity index is 3.01. The fraction of sp³-hybridized carbons (Fsp3) is 1.00. The zero-order valence-electron chi connectivity index (χ0n) is 26.8. The summed E-state index contributed by atoms with van der Waals surface area (Å²) in [6.07, 6.45) is 46.5. The molecular weight excluding hydrogens is 529 g/mol. The lowest BCUT2D eigenvalue weighted by Crippen LogP contribution is -1.87. The van der Waals surface area contributed by atoms with Crippen LogP contribution in [0.2, 0.25) is 0 Å². The van der Waals surface area contributed by atoms with Gasteiger partial charge in [-0.3, -0.25) is 0 Å². The number of hydrogen-bond acceptors (Lipinski definition) is 3. The fourth-order valence-electron chi connectivity index (χ4n) is 5.68. The van der Waals surface area contributed by atoms with Gasteiger partial charge in [-0.1, -0.05) is 180 Å². The van der Waals surface area contributed by atoms with E-state index in [1.54, 1.807) is 0 Å². The van der Waals surface area contributed by atoms with Gasteiger partial charge >= 0.3 is 0 Å². The standard InChI is InChI=1S/C36H74S3/c37-33-29-25-21-17-13-9-5-1-3-7-11-15-19-23-27-31-35-39-36-32-28-24-20-16-12-8-4-2-6-10-14-18-22-26-30-34-38/h37-38H,1-36H2. The van der Waals surface area contributed by atoms with Crippen LogP contribution >= 0.6 is 37.0 Å². The average Bonchev–Trinajstić information content (AvgIpc) is 2.95. The molecule has 0 atom stereocenters. The molecule has 0 saturated heterocycles. The normalized spacial score (nSPS) is 11.5. The second-order valence-electron chi connectivity index (χ2n) is 12.4. The SMILES string of the molecule is SCCCCCCCCCCCCCCCCCCSCCCCCCCCCCCCCCCCCCS. The second kappa shape index (κ2) is 39.0. The summed E-state index contributed by atoms with van der Waals surface area (Å²) in [7, 11) is 0. The minimum Gasteiger partial charge on any atom is -0.179 e. The van der Waals surface area contributed by atoms with Crippen molar-refractivity contribution in [3.05, 3.63) is 0 Å². The van der Waals surface area contributed by atoms with E-state index in [0.29, 0.717) is 0 Å². The van der Waals surface area contributed by atoms with Gasteiger partial charge in [0.1, 0.15) is 0 Å². The van der Waals surface area contributed by atoms with E-state index < -0.39 is 0 Å². The van der Waals surface area contributed by atoms with E-state index in [1.165, 1.54) is 217 Å². The van der Waals surface area contributed by atoms with Crippen LogP contribution in [0.3, 0.4) is 0 Å². The first-order valence-electron chi connectivity index (χ1n) is 18.2. The summed E-state index contributed by atoms with van der Waals surface area (Å²) in [5.41, 5.74) is 0. The van der Waals surface area contributed by atoms with Crippen LogP contribution in [0.4, 0.5) is 0 Å². The van der Waals surface area contributed by atoms with Gasteiger partial charge in [0, 0.05) is 0 Å². The molecule has 0 fully saturated rings. The molecule has 0 radical (unpaired) electrons. The number of thiol groups is 2. The first-order chi connectivity index (χ1) is 19.4. The van der Waals surface area contributed by atoms with Crippen LogP contribution in [0.5, 0.6) is 0 Å². The van der Waals surface area contributed by atoms with Crippen LogP contribution in [-0.4, -0.2) is 23.0 Å². The van der Waals surface area contributed by atoms with E-state index in [-0.39, 0.29) is 0 Å². The predicted octanol–water partition coefficient (Wildman–Crippen LogP) is 14.1. The monoisotopic (exact) mass is 602 g/mol. The quantitative estimate of drug-likeness (QED) is 0.0531. The Hall–Kier alpha value is 1.05. The average molecular weight is 603 g/mol. The lowest BCUT2D eigenvalue weighted by Gasteiger charge is -2.05. The van der Waals surface area contributed by atoms with E-state index in [1.807, 2.05) is 0 Å². The van der Waals surface area contributed by atoms with Crippen molar-refractivity contribution >= 4 is 37.0 Å². The highest BCUT2D eigenvalue weighted by atomic mass is 32.2. The summed E-state index contributed by atoms with van der Waals surface area (Å²) in [5.74, 6) is 4.95. The molecule has 236 valence electrons. The van der Waals surface area contributed by atoms with Crippen molar-refractivity contribution in [2.24, 2.45) is 0 Å². The Kier molecular flexibility index (Phi) is 40.1. The van der Waals surface area contributed by atoms with Gasteiger partial charge in [0.05, 0.1) is 0 Å². The maximum absolute atomic E-state index is 4.29. The van der Waals surface area contributed by atoms with Gasteiger partial charge in [-0.15, -0.1) is 0 Å². The zero-order chi connectivity index (χ0) is 28.2. The van der Waals surface area contributed by atoms with E-state index >= 15 is 0 Å². The van der Waals surface area contributed by atoms with Gasteiger partial charge in [-0.25, -0.2) is 0 Å². The number of thioether (sulfide) groups is 1. The molecule has 0 aromatic carbocycles. The van der Waals surface area contributed by atoms with Crippen molar-refractivity contribution in [1.82, 2.24) is 0 Å². The molecule has 0 unspecified atom stereocenters. The fourth-order valence-corrected chi connectivity index (χ4v) is 7.15. The predicted molar refractivity (Wildman–Crippen MR) is 193 cm³/mol. The smallest absolute Gasteiger partial charge is 0.00675 e. The highest BCUT2D eigenvalue weighted by molar-refractivity contribution is 7.99. The molecule has 0 amide bonds. The van der Waals surface area contributed by atoms with Crippen molar-refractivity contribution in [1.29, 1.82) is 0 Å². The summed E-state index contributed by atoms with van der Waals surface area (Å²) >= 11 is 10.8. The molecular formula is C36H74S3. The third-order valence-electron chi connectivity index (χ3n) is 8.39. The van der Waals surface area contributed by atoms with Gasteiger partial charge in [0.2, 0.25) is 0 Å². The van der Waals surface area contributed by atoms with Gasteiger partial charge < -0.3 is 0 Å². The van der Waals surface area contributed by atoms with Crippen molar-refractivity contribution in [2.75, 3.05) is 23.0 Å². The molecule has 0 aliphatic heterocycles. The summed E-state index contributed by atoms with van der Waals surface area (Å²) in [6.45, 7) is 0. The minimum atomic E-state index is 1.07. The summed E-state index contributed by atoms with van der Waals surface area (Å²) < 4.78 is 0. The number of rotatable bonds is 36. The lowest BCUT2D eigenvalue weighted by atomic mass is 10.0. The molecule has 0 aromatic rings. The molecule has 0 spiro atoms. The first kappa shape index (κ1) is 40.1. The van der Waals surface area contributed by atoms with Crippen LogP contribution in [0.25, 0.3) is 0 Å². The Bertz CT molecular complexity index is 365. The largest absolute Gasteiger partial charge is 0.179 e. The molecule has 0 nitrogen and oxygen atoms in total. The first-order valence-corrected chi connectivity index (χ1v) is 20.6. The highest BCUT2D eigenvalue weighted by Crippen LogP contribution is 2.17. The third kappa shape index (κ3) is 39.0. The lowest BCUT2D eigenvalue weighted by molar-refractivity contribution is 0.531. The van der Waals surface area contributed by atoms with E-state index in [4.69, 9.17) is 0 Å². The van der Waals surface area contributed by atoms with Crippen molar-refractivity contribution in [3.8, 4) is 0 Å². The maximum Gasteiger partial charge on any atom is -0.00675 e. The molecule has 39 heavy (non-hydrogen) atoms. The molecule has 3 heteroatoms. The minimum absolute atomic E-state index is 1.07. The molecule has 0 aliphatic carbocycles. The van der Waals surface area contributed by atoms with Gasteiger partial charge in [0.15, 0.2) is 0 Å². The topological polar surface area (TPSA) is 0 Å². The third-order valence-corrected chi connectivity index (χ3v) is 10.2. The number of unbranched alkanes of at least 4 members (excludes halogenated alkanes) is 30. The van der Waals surface area contributed by atoms with Crippen molar-refractivity contribution in [2.45, 2.75) is 205 Å². The molecule has 0 heterocycles. The number of hydrogen-bond donors (Lipinski definition) is 2. The summed E-state index contributed by atoms with van der Waals surface area (Å²) in [4.78, 5) is 0. The molecule has 0 aliphatic rings. The second-order valence-corrected chi connectivity index (χ2v) is 14.5. The zero-order valence-corrected chi connectivity index (χ0v) is 29.4. The van der Waals surface area contributed by atoms with E-state index in [0.717, 1.165) is 11.5 Å². The van der Waals surface area contributed by atoms with Crippen LogP contribution in [-0.2, 0) is 0 Å². The molecule has 0 bridgehead atoms. The van der Waals surface area contributed by atoms with Gasteiger partial charge in [-0.05, 0) is 48.7 Å². The Labute approximate surface area is 264 Å².